The molecule has 5 heteroatoms. The molecule has 2 heterocycles. The van der Waals surface area contributed by atoms with E-state index in [1.54, 1.807) is 0 Å². The zero-order chi connectivity index (χ0) is 19.5. The zero-order valence-corrected chi connectivity index (χ0v) is 16.7. The van der Waals surface area contributed by atoms with Crippen LogP contribution in [-0.4, -0.2) is 47.1 Å². The molecule has 148 valence electrons. The van der Waals surface area contributed by atoms with Gasteiger partial charge in [-0.1, -0.05) is 60.7 Å². The molecule has 5 nitrogen and oxygen atoms in total. The number of piperazine rings is 1. The number of nitrogens with zero attached hydrogens (tertiary/aromatic N) is 4. The van der Waals surface area contributed by atoms with Crippen molar-refractivity contribution in [2.24, 2.45) is 0 Å². The Morgan fingerprint density at radius 2 is 1.52 bits per heavy atom. The van der Waals surface area contributed by atoms with Crippen LogP contribution in [0.3, 0.4) is 0 Å². The van der Waals surface area contributed by atoms with Gasteiger partial charge < -0.3 is 10.2 Å². The van der Waals surface area contributed by atoms with Gasteiger partial charge in [0.1, 0.15) is 11.6 Å². The number of rotatable bonds is 6. The first kappa shape index (κ1) is 18.1. The summed E-state index contributed by atoms with van der Waals surface area (Å²) < 4.78 is 0. The SMILES string of the molecule is c1ccc(CN2CCN(c3cc(NC4CC4)nc(-c4ccccc4)n3)CC2)cc1. The minimum absolute atomic E-state index is 0.573. The summed E-state index contributed by atoms with van der Waals surface area (Å²) in [5.41, 5.74) is 2.45. The van der Waals surface area contributed by atoms with E-state index in [4.69, 9.17) is 9.97 Å². The summed E-state index contributed by atoms with van der Waals surface area (Å²) in [6.07, 6.45) is 2.47. The molecule has 2 fully saturated rings. The molecule has 2 aliphatic rings. The topological polar surface area (TPSA) is 44.3 Å². The molecule has 2 aromatic carbocycles. The third kappa shape index (κ3) is 4.57. The number of hydrogen-bond acceptors (Lipinski definition) is 5. The number of anilines is 2. The Hall–Kier alpha value is -2.92. The number of benzene rings is 2. The molecule has 0 bridgehead atoms. The van der Waals surface area contributed by atoms with Crippen LogP contribution in [0.1, 0.15) is 18.4 Å². The summed E-state index contributed by atoms with van der Waals surface area (Å²) >= 11 is 0. The van der Waals surface area contributed by atoms with Gasteiger partial charge in [0.25, 0.3) is 0 Å². The van der Waals surface area contributed by atoms with Gasteiger partial charge in [-0.05, 0) is 18.4 Å². The highest BCUT2D eigenvalue weighted by molar-refractivity contribution is 5.62. The molecule has 29 heavy (non-hydrogen) atoms. The zero-order valence-electron chi connectivity index (χ0n) is 16.7. The summed E-state index contributed by atoms with van der Waals surface area (Å²) in [4.78, 5) is 14.6. The first-order chi connectivity index (χ1) is 14.3. The van der Waals surface area contributed by atoms with Gasteiger partial charge in [-0.2, -0.15) is 0 Å². The first-order valence-corrected chi connectivity index (χ1v) is 10.6. The summed E-state index contributed by atoms with van der Waals surface area (Å²) in [5.74, 6) is 2.78. The quantitative estimate of drug-likeness (QED) is 0.694. The van der Waals surface area contributed by atoms with E-state index >= 15 is 0 Å². The summed E-state index contributed by atoms with van der Waals surface area (Å²) in [6.45, 7) is 5.08. The van der Waals surface area contributed by atoms with E-state index in [1.807, 2.05) is 18.2 Å². The highest BCUT2D eigenvalue weighted by atomic mass is 15.3. The van der Waals surface area contributed by atoms with Gasteiger partial charge in [-0.15, -0.1) is 0 Å². The molecular formula is C24H27N5. The molecule has 0 radical (unpaired) electrons. The van der Waals surface area contributed by atoms with E-state index in [0.717, 1.165) is 55.7 Å². The van der Waals surface area contributed by atoms with Crippen molar-refractivity contribution >= 4 is 11.6 Å². The van der Waals surface area contributed by atoms with Crippen LogP contribution in [0.5, 0.6) is 0 Å². The largest absolute Gasteiger partial charge is 0.367 e. The predicted octanol–water partition coefficient (Wildman–Crippen LogP) is 4.04. The molecule has 0 spiro atoms. The van der Waals surface area contributed by atoms with Crippen molar-refractivity contribution in [1.82, 2.24) is 14.9 Å². The second kappa shape index (κ2) is 8.21. The fraction of sp³-hybridized carbons (Fsp3) is 0.333. The molecular weight excluding hydrogens is 358 g/mol. The third-order valence-corrected chi connectivity index (χ3v) is 5.62. The number of hydrogen-bond donors (Lipinski definition) is 1. The van der Waals surface area contributed by atoms with E-state index in [1.165, 1.54) is 18.4 Å². The lowest BCUT2D eigenvalue weighted by Crippen LogP contribution is -2.46. The van der Waals surface area contributed by atoms with Crippen LogP contribution in [-0.2, 0) is 6.54 Å². The van der Waals surface area contributed by atoms with E-state index in [9.17, 15) is 0 Å². The Balaban J connectivity index is 1.32. The van der Waals surface area contributed by atoms with Gasteiger partial charge in [0, 0.05) is 50.4 Å². The van der Waals surface area contributed by atoms with Crippen molar-refractivity contribution in [2.75, 3.05) is 36.4 Å². The van der Waals surface area contributed by atoms with Gasteiger partial charge in [-0.25, -0.2) is 9.97 Å². The average molecular weight is 386 g/mol. The highest BCUT2D eigenvalue weighted by Gasteiger charge is 2.24. The standard InChI is InChI=1S/C24H27N5/c1-3-7-19(8-4-1)18-28-13-15-29(16-14-28)23-17-22(25-21-11-12-21)26-24(27-23)20-9-5-2-6-10-20/h1-10,17,21H,11-16,18H2,(H,25,26,27). The molecule has 0 unspecified atom stereocenters. The van der Waals surface area contributed by atoms with E-state index < -0.39 is 0 Å². The van der Waals surface area contributed by atoms with Crippen molar-refractivity contribution in [3.8, 4) is 11.4 Å². The third-order valence-electron chi connectivity index (χ3n) is 5.62. The number of aromatic nitrogens is 2. The van der Waals surface area contributed by atoms with E-state index in [-0.39, 0.29) is 0 Å². The summed E-state index contributed by atoms with van der Waals surface area (Å²) in [7, 11) is 0. The van der Waals surface area contributed by atoms with Crippen LogP contribution >= 0.6 is 0 Å². The molecule has 1 aliphatic carbocycles. The van der Waals surface area contributed by atoms with E-state index in [0.29, 0.717) is 6.04 Å². The molecule has 1 aromatic heterocycles. The highest BCUT2D eigenvalue weighted by Crippen LogP contribution is 2.28. The van der Waals surface area contributed by atoms with Gasteiger partial charge in [0.2, 0.25) is 0 Å². The lowest BCUT2D eigenvalue weighted by molar-refractivity contribution is 0.249. The normalized spacial score (nSPS) is 17.3. The molecule has 1 saturated carbocycles. The van der Waals surface area contributed by atoms with E-state index in [2.05, 4.69) is 63.6 Å². The molecule has 3 aromatic rings. The van der Waals surface area contributed by atoms with Gasteiger partial charge in [0.15, 0.2) is 5.82 Å². The maximum Gasteiger partial charge on any atom is 0.163 e. The second-order valence-corrected chi connectivity index (χ2v) is 7.97. The molecule has 5 rings (SSSR count). The minimum Gasteiger partial charge on any atom is -0.367 e. The molecule has 0 atom stereocenters. The van der Waals surface area contributed by atoms with Crippen LogP contribution in [0.2, 0.25) is 0 Å². The van der Waals surface area contributed by atoms with Crippen LogP contribution in [0.4, 0.5) is 11.6 Å². The Morgan fingerprint density at radius 3 is 2.21 bits per heavy atom. The van der Waals surface area contributed by atoms with Gasteiger partial charge in [-0.3, -0.25) is 4.90 Å². The Bertz CT molecular complexity index is 932. The Labute approximate surface area is 172 Å². The molecule has 1 saturated heterocycles. The fourth-order valence-corrected chi connectivity index (χ4v) is 3.80. The molecule has 1 N–H and O–H groups in total. The lowest BCUT2D eigenvalue weighted by atomic mass is 10.2. The maximum atomic E-state index is 4.92. The van der Waals surface area contributed by atoms with Gasteiger partial charge in [0.05, 0.1) is 0 Å². The fourth-order valence-electron chi connectivity index (χ4n) is 3.80. The Morgan fingerprint density at radius 1 is 0.828 bits per heavy atom. The van der Waals surface area contributed by atoms with Crippen molar-refractivity contribution in [2.45, 2.75) is 25.4 Å². The lowest BCUT2D eigenvalue weighted by Gasteiger charge is -2.35. The monoisotopic (exact) mass is 385 g/mol. The minimum atomic E-state index is 0.573. The van der Waals surface area contributed by atoms with Crippen LogP contribution < -0.4 is 10.2 Å². The Kier molecular flexibility index (Phi) is 5.13. The predicted molar refractivity (Wildman–Crippen MR) is 118 cm³/mol. The van der Waals surface area contributed by atoms with Crippen LogP contribution in [0.15, 0.2) is 66.7 Å². The maximum absolute atomic E-state index is 4.92. The average Bonchev–Trinajstić information content (AvgIpc) is 3.59. The van der Waals surface area contributed by atoms with Crippen LogP contribution in [0.25, 0.3) is 11.4 Å². The molecule has 0 amide bonds. The van der Waals surface area contributed by atoms with Crippen molar-refractivity contribution < 1.29 is 0 Å². The van der Waals surface area contributed by atoms with Crippen molar-refractivity contribution in [1.29, 1.82) is 0 Å². The molecule has 1 aliphatic heterocycles. The van der Waals surface area contributed by atoms with Crippen molar-refractivity contribution in [3.05, 3.63) is 72.3 Å². The van der Waals surface area contributed by atoms with Gasteiger partial charge >= 0.3 is 0 Å². The van der Waals surface area contributed by atoms with Crippen LogP contribution in [0, 0.1) is 0 Å². The summed E-state index contributed by atoms with van der Waals surface area (Å²) in [6, 6.07) is 23.7. The first-order valence-electron chi connectivity index (χ1n) is 10.6. The van der Waals surface area contributed by atoms with Crippen molar-refractivity contribution in [3.63, 3.8) is 0 Å². The summed E-state index contributed by atoms with van der Waals surface area (Å²) in [5, 5.41) is 3.56. The number of nitrogens with one attached hydrogen (secondary N) is 1. The second-order valence-electron chi connectivity index (χ2n) is 7.97. The smallest absolute Gasteiger partial charge is 0.163 e.